The summed E-state index contributed by atoms with van der Waals surface area (Å²) in [7, 11) is 0. The Kier molecular flexibility index (Phi) is 6.50. The summed E-state index contributed by atoms with van der Waals surface area (Å²) in [4.78, 5) is 26.3. The highest BCUT2D eigenvalue weighted by atomic mass is 35.5. The molecule has 1 heterocycles. The lowest BCUT2D eigenvalue weighted by atomic mass is 10.1. The molecule has 0 unspecified atom stereocenters. The van der Waals surface area contributed by atoms with Crippen LogP contribution in [0.15, 0.2) is 42.5 Å². The fourth-order valence-electron chi connectivity index (χ4n) is 3.37. The number of hydrogen-bond acceptors (Lipinski definition) is 4. The van der Waals surface area contributed by atoms with Crippen molar-refractivity contribution in [3.8, 4) is 0 Å². The normalized spacial score (nSPS) is 14.7. The first-order chi connectivity index (χ1) is 14.1. The van der Waals surface area contributed by atoms with Gasteiger partial charge in [-0.1, -0.05) is 23.7 Å². The third-order valence-electron chi connectivity index (χ3n) is 5.01. The van der Waals surface area contributed by atoms with Crippen LogP contribution in [-0.2, 0) is 17.4 Å². The van der Waals surface area contributed by atoms with E-state index in [4.69, 9.17) is 11.6 Å². The Morgan fingerprint density at radius 3 is 2.27 bits per heavy atom. The third-order valence-corrected chi connectivity index (χ3v) is 5.27. The Hall–Kier alpha value is -2.81. The number of aryl methyl sites for hydroxylation is 1. The van der Waals surface area contributed by atoms with Crippen LogP contribution in [0.3, 0.4) is 0 Å². The summed E-state index contributed by atoms with van der Waals surface area (Å²) in [5.74, 6) is -0.0356. The summed E-state index contributed by atoms with van der Waals surface area (Å²) < 4.78 is 38.6. The van der Waals surface area contributed by atoms with E-state index in [0.29, 0.717) is 50.1 Å². The van der Waals surface area contributed by atoms with E-state index in [-0.39, 0.29) is 11.6 Å². The average Bonchev–Trinajstić information content (AvgIpc) is 2.72. The monoisotopic (exact) mass is 441 g/mol. The molecule has 1 fully saturated rings. The molecule has 1 saturated heterocycles. The van der Waals surface area contributed by atoms with E-state index in [0.717, 1.165) is 17.7 Å². The van der Waals surface area contributed by atoms with Crippen LogP contribution < -0.4 is 4.90 Å². The predicted molar refractivity (Wildman–Crippen MR) is 107 cm³/mol. The number of nitro groups is 1. The summed E-state index contributed by atoms with van der Waals surface area (Å²) >= 11 is 5.84. The maximum Gasteiger partial charge on any atom is 0.416 e. The Balaban J connectivity index is 1.61. The summed E-state index contributed by atoms with van der Waals surface area (Å²) in [6.45, 7) is 1.30. The lowest BCUT2D eigenvalue weighted by molar-refractivity contribution is -0.384. The Morgan fingerprint density at radius 2 is 1.70 bits per heavy atom. The molecule has 3 rings (SSSR count). The number of rotatable bonds is 5. The van der Waals surface area contributed by atoms with E-state index in [1.54, 1.807) is 21.9 Å². The molecule has 6 nitrogen and oxygen atoms in total. The van der Waals surface area contributed by atoms with Crippen LogP contribution in [-0.4, -0.2) is 41.9 Å². The Bertz CT molecular complexity index is 927. The van der Waals surface area contributed by atoms with E-state index < -0.39 is 22.4 Å². The second-order valence-electron chi connectivity index (χ2n) is 6.95. The van der Waals surface area contributed by atoms with E-state index in [1.165, 1.54) is 0 Å². The molecule has 1 aliphatic heterocycles. The zero-order valence-electron chi connectivity index (χ0n) is 15.9. The Labute approximate surface area is 176 Å². The van der Waals surface area contributed by atoms with Gasteiger partial charge in [0.2, 0.25) is 5.91 Å². The largest absolute Gasteiger partial charge is 0.416 e. The van der Waals surface area contributed by atoms with Crippen LogP contribution in [0, 0.1) is 10.1 Å². The molecule has 0 atom stereocenters. The van der Waals surface area contributed by atoms with Crippen molar-refractivity contribution in [3.05, 3.63) is 68.7 Å². The summed E-state index contributed by atoms with van der Waals surface area (Å²) in [6.07, 6.45) is -3.76. The first kappa shape index (κ1) is 21.9. The van der Waals surface area contributed by atoms with Crippen LogP contribution in [0.4, 0.5) is 24.5 Å². The molecule has 0 N–H and O–H groups in total. The van der Waals surface area contributed by atoms with Crippen molar-refractivity contribution in [2.75, 3.05) is 31.1 Å². The van der Waals surface area contributed by atoms with E-state index in [9.17, 15) is 28.1 Å². The topological polar surface area (TPSA) is 66.7 Å². The number of benzene rings is 2. The van der Waals surface area contributed by atoms with Gasteiger partial charge >= 0.3 is 6.18 Å². The van der Waals surface area contributed by atoms with Crippen molar-refractivity contribution in [1.29, 1.82) is 0 Å². The zero-order chi connectivity index (χ0) is 21.9. The first-order valence-electron chi connectivity index (χ1n) is 9.28. The molecule has 30 heavy (non-hydrogen) atoms. The van der Waals surface area contributed by atoms with E-state index in [1.807, 2.05) is 12.1 Å². The highest BCUT2D eigenvalue weighted by molar-refractivity contribution is 6.30. The number of alkyl halides is 3. The van der Waals surface area contributed by atoms with E-state index >= 15 is 0 Å². The van der Waals surface area contributed by atoms with Gasteiger partial charge in [-0.25, -0.2) is 0 Å². The molecular formula is C20H19ClF3N3O3. The van der Waals surface area contributed by atoms with Crippen molar-refractivity contribution < 1.29 is 22.9 Å². The smallest absolute Gasteiger partial charge is 0.362 e. The van der Waals surface area contributed by atoms with Crippen molar-refractivity contribution in [1.82, 2.24) is 4.90 Å². The molecule has 0 radical (unpaired) electrons. The maximum atomic E-state index is 12.9. The first-order valence-corrected chi connectivity index (χ1v) is 9.66. The van der Waals surface area contributed by atoms with Gasteiger partial charge in [0, 0.05) is 43.7 Å². The third kappa shape index (κ3) is 5.21. The van der Waals surface area contributed by atoms with Gasteiger partial charge < -0.3 is 9.80 Å². The fourth-order valence-corrected chi connectivity index (χ4v) is 3.50. The number of carbonyl (C=O) groups is 1. The van der Waals surface area contributed by atoms with E-state index in [2.05, 4.69) is 0 Å². The number of nitrogens with zero attached hydrogens (tertiary/aromatic N) is 3. The number of piperazine rings is 1. The second kappa shape index (κ2) is 8.91. The molecule has 0 spiro atoms. The SMILES string of the molecule is O=C(CCc1ccc(Cl)cc1)N1CCN(c2ccc(C(F)(F)F)cc2[N+](=O)[O-])CC1. The highest BCUT2D eigenvalue weighted by Gasteiger charge is 2.34. The molecule has 160 valence electrons. The summed E-state index contributed by atoms with van der Waals surface area (Å²) in [5, 5.41) is 11.9. The molecular weight excluding hydrogens is 423 g/mol. The second-order valence-corrected chi connectivity index (χ2v) is 7.39. The molecule has 0 saturated carbocycles. The number of amides is 1. The van der Waals surface area contributed by atoms with Crippen LogP contribution in [0.1, 0.15) is 17.5 Å². The van der Waals surface area contributed by atoms with Gasteiger partial charge in [-0.2, -0.15) is 13.2 Å². The van der Waals surface area contributed by atoms with Crippen LogP contribution in [0.2, 0.25) is 5.02 Å². The van der Waals surface area contributed by atoms with Gasteiger partial charge in [-0.05, 0) is 36.2 Å². The highest BCUT2D eigenvalue weighted by Crippen LogP contribution is 2.36. The number of halogens is 4. The van der Waals surface area contributed by atoms with Crippen molar-refractivity contribution in [2.24, 2.45) is 0 Å². The molecule has 10 heteroatoms. The molecule has 2 aromatic rings. The predicted octanol–water partition coefficient (Wildman–Crippen LogP) is 4.55. The van der Waals surface area contributed by atoms with Crippen LogP contribution in [0.25, 0.3) is 0 Å². The van der Waals surface area contributed by atoms with Gasteiger partial charge in [0.15, 0.2) is 0 Å². The van der Waals surface area contributed by atoms with Crippen molar-refractivity contribution in [3.63, 3.8) is 0 Å². The minimum absolute atomic E-state index is 0.0356. The summed E-state index contributed by atoms with van der Waals surface area (Å²) in [5.41, 5.74) is -0.533. The number of carbonyl (C=O) groups excluding carboxylic acids is 1. The minimum atomic E-state index is -4.65. The van der Waals surface area contributed by atoms with Gasteiger partial charge in [-0.15, -0.1) is 0 Å². The molecule has 0 bridgehead atoms. The van der Waals surface area contributed by atoms with Gasteiger partial charge in [0.25, 0.3) is 5.69 Å². The van der Waals surface area contributed by atoms with Crippen molar-refractivity contribution in [2.45, 2.75) is 19.0 Å². The Morgan fingerprint density at radius 1 is 1.07 bits per heavy atom. The minimum Gasteiger partial charge on any atom is -0.362 e. The van der Waals surface area contributed by atoms with Gasteiger partial charge in [-0.3, -0.25) is 14.9 Å². The number of anilines is 1. The quantitative estimate of drug-likeness (QED) is 0.504. The number of hydrogen-bond donors (Lipinski definition) is 0. The molecule has 1 amide bonds. The fraction of sp³-hybridized carbons (Fsp3) is 0.350. The van der Waals surface area contributed by atoms with Crippen LogP contribution in [0.5, 0.6) is 0 Å². The lowest BCUT2D eigenvalue weighted by Gasteiger charge is -2.36. The van der Waals surface area contributed by atoms with Gasteiger partial charge in [0.05, 0.1) is 10.5 Å². The summed E-state index contributed by atoms with van der Waals surface area (Å²) in [6, 6.07) is 9.76. The van der Waals surface area contributed by atoms with Gasteiger partial charge in [0.1, 0.15) is 5.69 Å². The average molecular weight is 442 g/mol. The number of nitro benzene ring substituents is 1. The molecule has 0 aromatic heterocycles. The maximum absolute atomic E-state index is 12.9. The molecule has 1 aliphatic rings. The van der Waals surface area contributed by atoms with Crippen molar-refractivity contribution >= 4 is 28.9 Å². The van der Waals surface area contributed by atoms with Crippen LogP contribution >= 0.6 is 11.6 Å². The standard InChI is InChI=1S/C20H19ClF3N3O3/c21-16-5-1-14(2-6-16)3-8-19(28)26-11-9-25(10-12-26)17-7-4-15(20(22,23)24)13-18(17)27(29)30/h1-2,4-7,13H,3,8-12H2. The lowest BCUT2D eigenvalue weighted by Crippen LogP contribution is -2.49. The zero-order valence-corrected chi connectivity index (χ0v) is 16.6. The molecule has 0 aliphatic carbocycles. The molecule has 2 aromatic carbocycles.